The highest BCUT2D eigenvalue weighted by atomic mass is 16.6. The van der Waals surface area contributed by atoms with Crippen molar-refractivity contribution < 1.29 is 29.6 Å². The minimum atomic E-state index is -1.39. The Morgan fingerprint density at radius 3 is 2.00 bits per heavy atom. The van der Waals surface area contributed by atoms with Crippen LogP contribution in [0.1, 0.15) is 32.4 Å². The molecule has 4 atom stereocenters. The Balaban J connectivity index is 1.65. The van der Waals surface area contributed by atoms with Crippen LogP contribution in [0.2, 0.25) is 0 Å². The van der Waals surface area contributed by atoms with E-state index in [0.29, 0.717) is 11.1 Å². The topological polar surface area (TPSA) is 154 Å². The predicted molar refractivity (Wildman–Crippen MR) is 118 cm³/mol. The quantitative estimate of drug-likeness (QED) is 0.375. The van der Waals surface area contributed by atoms with Crippen LogP contribution in [-0.2, 0) is 4.74 Å². The molecule has 3 aromatic rings. The number of hydrogen-bond acceptors (Lipinski definition) is 8. The lowest BCUT2D eigenvalue weighted by Gasteiger charge is -2.19. The van der Waals surface area contributed by atoms with Gasteiger partial charge in [0.15, 0.2) is 0 Å². The number of benzene rings is 2. The molecular weight excluding hydrogens is 428 g/mol. The summed E-state index contributed by atoms with van der Waals surface area (Å²) in [5.41, 5.74) is 0.932. The van der Waals surface area contributed by atoms with Gasteiger partial charge in [-0.3, -0.25) is 14.9 Å². The van der Waals surface area contributed by atoms with Gasteiger partial charge in [0.1, 0.15) is 30.2 Å². The molecule has 170 valence electrons. The lowest BCUT2D eigenvalue weighted by atomic mass is 10.0. The van der Waals surface area contributed by atoms with Crippen LogP contribution in [0, 0.1) is 0 Å². The van der Waals surface area contributed by atoms with Gasteiger partial charge in [0.2, 0.25) is 5.95 Å². The Labute approximate surface area is 188 Å². The fourth-order valence-electron chi connectivity index (χ4n) is 3.45. The summed E-state index contributed by atoms with van der Waals surface area (Å²) in [6.07, 6.45) is -3.56. The van der Waals surface area contributed by atoms with Gasteiger partial charge in [0, 0.05) is 22.9 Å². The van der Waals surface area contributed by atoms with E-state index in [9.17, 15) is 24.9 Å². The van der Waals surface area contributed by atoms with E-state index in [-0.39, 0.29) is 17.3 Å². The Kier molecular flexibility index (Phi) is 6.71. The number of hydrogen-bond donors (Lipinski definition) is 5. The third-order valence-corrected chi connectivity index (χ3v) is 5.20. The number of anilines is 2. The van der Waals surface area contributed by atoms with E-state index in [0.717, 1.165) is 0 Å². The number of aliphatic hydroxyl groups excluding tert-OH is 3. The van der Waals surface area contributed by atoms with Crippen molar-refractivity contribution in [2.75, 3.05) is 17.2 Å². The molecule has 1 aromatic heterocycles. The molecule has 2 amide bonds. The third kappa shape index (κ3) is 4.89. The van der Waals surface area contributed by atoms with Gasteiger partial charge < -0.3 is 25.4 Å². The number of aliphatic hydroxyl groups is 3. The second-order valence-electron chi connectivity index (χ2n) is 7.40. The van der Waals surface area contributed by atoms with Gasteiger partial charge in [-0.25, -0.2) is 4.98 Å². The Morgan fingerprint density at radius 2 is 1.45 bits per heavy atom. The number of ether oxygens (including phenoxy) is 1. The van der Waals surface area contributed by atoms with E-state index in [1.807, 2.05) is 0 Å². The van der Waals surface area contributed by atoms with Crippen molar-refractivity contribution in [2.24, 2.45) is 0 Å². The van der Waals surface area contributed by atoms with Gasteiger partial charge in [-0.05, 0) is 24.3 Å². The first-order valence-electron chi connectivity index (χ1n) is 10.2. The number of carbonyl (C=O) groups is 2. The summed E-state index contributed by atoms with van der Waals surface area (Å²) in [5, 5.41) is 35.1. The Hall–Kier alpha value is -3.70. The molecule has 10 nitrogen and oxygen atoms in total. The van der Waals surface area contributed by atoms with E-state index < -0.39 is 42.8 Å². The lowest BCUT2D eigenvalue weighted by molar-refractivity contribution is -0.0227. The molecule has 0 bridgehead atoms. The fraction of sp³-hybridized carbons (Fsp3) is 0.217. The molecule has 0 spiro atoms. The molecule has 1 aliphatic heterocycles. The average Bonchev–Trinajstić information content (AvgIpc) is 3.14. The highest BCUT2D eigenvalue weighted by molar-refractivity contribution is 6.05. The summed E-state index contributed by atoms with van der Waals surface area (Å²) < 4.78 is 5.57. The second-order valence-corrected chi connectivity index (χ2v) is 7.40. The molecule has 2 heterocycles. The Bertz CT molecular complexity index is 1130. The van der Waals surface area contributed by atoms with Crippen molar-refractivity contribution in [3.8, 4) is 0 Å². The minimum absolute atomic E-state index is 0.0166. The van der Waals surface area contributed by atoms with E-state index in [1.54, 1.807) is 60.7 Å². The van der Waals surface area contributed by atoms with Crippen molar-refractivity contribution in [3.63, 3.8) is 0 Å². The van der Waals surface area contributed by atoms with Gasteiger partial charge in [-0.2, -0.15) is 4.98 Å². The van der Waals surface area contributed by atoms with Gasteiger partial charge in [-0.15, -0.1) is 0 Å². The van der Waals surface area contributed by atoms with Crippen LogP contribution in [0.4, 0.5) is 11.8 Å². The highest BCUT2D eigenvalue weighted by Crippen LogP contribution is 2.36. The number of nitrogens with zero attached hydrogens (tertiary/aromatic N) is 2. The lowest BCUT2D eigenvalue weighted by Crippen LogP contribution is -2.32. The normalized spacial score (nSPS) is 22.0. The van der Waals surface area contributed by atoms with E-state index in [4.69, 9.17) is 4.74 Å². The first-order valence-corrected chi connectivity index (χ1v) is 10.2. The fourth-order valence-corrected chi connectivity index (χ4v) is 3.45. The SMILES string of the molecule is O=C(Nc1ncc([C@@H]2O[C@H](CO)[C@@H](O)[C@H]2O)c(NC(=O)c2ccccc2)n1)c1ccccc1. The molecule has 2 aromatic carbocycles. The van der Waals surface area contributed by atoms with Crippen molar-refractivity contribution in [2.45, 2.75) is 24.4 Å². The molecule has 1 saturated heterocycles. The monoisotopic (exact) mass is 450 g/mol. The molecule has 0 radical (unpaired) electrons. The molecule has 33 heavy (non-hydrogen) atoms. The van der Waals surface area contributed by atoms with Gasteiger partial charge in [-0.1, -0.05) is 36.4 Å². The van der Waals surface area contributed by atoms with E-state index in [1.165, 1.54) is 6.20 Å². The van der Waals surface area contributed by atoms with Gasteiger partial charge >= 0.3 is 0 Å². The van der Waals surface area contributed by atoms with Gasteiger partial charge in [0.25, 0.3) is 11.8 Å². The molecule has 0 saturated carbocycles. The first-order chi connectivity index (χ1) is 16.0. The minimum Gasteiger partial charge on any atom is -0.394 e. The van der Waals surface area contributed by atoms with Gasteiger partial charge in [0.05, 0.1) is 6.61 Å². The van der Waals surface area contributed by atoms with Crippen LogP contribution in [0.5, 0.6) is 0 Å². The molecule has 0 unspecified atom stereocenters. The zero-order valence-electron chi connectivity index (χ0n) is 17.3. The predicted octanol–water partition coefficient (Wildman–Crippen LogP) is 1.14. The molecule has 4 rings (SSSR count). The van der Waals surface area contributed by atoms with E-state index in [2.05, 4.69) is 20.6 Å². The largest absolute Gasteiger partial charge is 0.394 e. The smallest absolute Gasteiger partial charge is 0.258 e. The zero-order valence-corrected chi connectivity index (χ0v) is 17.3. The number of carbonyl (C=O) groups excluding carboxylic acids is 2. The number of aromatic nitrogens is 2. The highest BCUT2D eigenvalue weighted by Gasteiger charge is 2.44. The van der Waals surface area contributed by atoms with Crippen LogP contribution in [0.15, 0.2) is 66.9 Å². The summed E-state index contributed by atoms with van der Waals surface area (Å²) in [6.45, 7) is -0.507. The third-order valence-electron chi connectivity index (χ3n) is 5.20. The van der Waals surface area contributed by atoms with Crippen LogP contribution in [0.25, 0.3) is 0 Å². The summed E-state index contributed by atoms with van der Waals surface area (Å²) in [4.78, 5) is 33.6. The number of amides is 2. The summed E-state index contributed by atoms with van der Waals surface area (Å²) in [7, 11) is 0. The average molecular weight is 450 g/mol. The maximum absolute atomic E-state index is 12.8. The van der Waals surface area contributed by atoms with E-state index >= 15 is 0 Å². The standard InChI is InChI=1S/C23H22N4O6/c28-12-16-17(29)18(30)19(33-16)15-11-24-23(27-22(32)14-9-5-2-6-10-14)26-20(15)25-21(31)13-7-3-1-4-8-13/h1-11,16-19,28-30H,12H2,(H2,24,25,26,27,31,32)/t16-,17-,18-,19+/m1/s1. The Morgan fingerprint density at radius 1 is 0.879 bits per heavy atom. The first kappa shape index (κ1) is 22.5. The molecule has 1 aliphatic rings. The van der Waals surface area contributed by atoms with Crippen LogP contribution in [0.3, 0.4) is 0 Å². The van der Waals surface area contributed by atoms with Crippen molar-refractivity contribution >= 4 is 23.6 Å². The molecular formula is C23H22N4O6. The van der Waals surface area contributed by atoms with Crippen LogP contribution >= 0.6 is 0 Å². The molecule has 0 aliphatic carbocycles. The zero-order chi connectivity index (χ0) is 23.4. The second kappa shape index (κ2) is 9.84. The molecule has 5 N–H and O–H groups in total. The molecule has 10 heteroatoms. The number of rotatable bonds is 6. The van der Waals surface area contributed by atoms with Crippen molar-refractivity contribution in [1.82, 2.24) is 9.97 Å². The number of nitrogens with one attached hydrogen (secondary N) is 2. The summed E-state index contributed by atoms with van der Waals surface area (Å²) in [6, 6.07) is 16.9. The van der Waals surface area contributed by atoms with Crippen molar-refractivity contribution in [1.29, 1.82) is 0 Å². The summed E-state index contributed by atoms with van der Waals surface area (Å²) >= 11 is 0. The maximum Gasteiger partial charge on any atom is 0.258 e. The van der Waals surface area contributed by atoms with Crippen molar-refractivity contribution in [3.05, 3.63) is 83.6 Å². The van der Waals surface area contributed by atoms with Crippen LogP contribution in [-0.4, -0.2) is 62.0 Å². The van der Waals surface area contributed by atoms with Crippen LogP contribution < -0.4 is 10.6 Å². The molecule has 1 fully saturated rings. The summed E-state index contributed by atoms with van der Waals surface area (Å²) in [5.74, 6) is -1.03. The maximum atomic E-state index is 12.8.